The van der Waals surface area contributed by atoms with E-state index in [1.165, 1.54) is 30.3 Å². The molecule has 0 radical (unpaired) electrons. The summed E-state index contributed by atoms with van der Waals surface area (Å²) in [5, 5.41) is 2.04. The van der Waals surface area contributed by atoms with Crippen LogP contribution in [0, 0.1) is 6.92 Å². The molecule has 0 saturated carbocycles. The Morgan fingerprint density at radius 1 is 0.980 bits per heavy atom. The number of hydrazine groups is 1. The van der Waals surface area contributed by atoms with Crippen molar-refractivity contribution >= 4 is 92.2 Å². The number of thiocarbonyl (C=S) groups is 1. The normalized spacial score (nSPS) is 13.8. The monoisotopic (exact) mass is 770 g/mol. The van der Waals surface area contributed by atoms with Crippen molar-refractivity contribution in [3.05, 3.63) is 118 Å². The van der Waals surface area contributed by atoms with Gasteiger partial charge in [-0.3, -0.25) is 33.5 Å². The van der Waals surface area contributed by atoms with Gasteiger partial charge in [-0.05, 0) is 78.3 Å². The summed E-state index contributed by atoms with van der Waals surface area (Å²) in [6.07, 6.45) is 1.59. The molecule has 17 heteroatoms. The van der Waals surface area contributed by atoms with E-state index in [4.69, 9.17) is 56.5 Å². The highest BCUT2D eigenvalue weighted by molar-refractivity contribution is 8.26. The molecule has 3 aromatic carbocycles. The maximum atomic E-state index is 13.4. The number of nitrogens with one attached hydrogen (secondary N) is 1. The second-order valence-electron chi connectivity index (χ2n) is 11.0. The van der Waals surface area contributed by atoms with Crippen LogP contribution < -0.4 is 26.1 Å². The minimum Gasteiger partial charge on any atom is -0.493 e. The van der Waals surface area contributed by atoms with Crippen molar-refractivity contribution < 1.29 is 19.1 Å². The Kier molecular flexibility index (Phi) is 9.84. The molecule has 0 aliphatic carbocycles. The summed E-state index contributed by atoms with van der Waals surface area (Å²) in [4.78, 5) is 57.0. The van der Waals surface area contributed by atoms with Gasteiger partial charge in [0.25, 0.3) is 17.4 Å². The number of fused-ring (bicyclic) bond motifs is 1. The molecule has 1 N–H and O–H groups in total. The summed E-state index contributed by atoms with van der Waals surface area (Å²) in [5.41, 5.74) is 3.86. The van der Waals surface area contributed by atoms with Gasteiger partial charge in [0.05, 0.1) is 29.1 Å². The van der Waals surface area contributed by atoms with E-state index in [0.717, 1.165) is 26.9 Å². The van der Waals surface area contributed by atoms with E-state index in [1.807, 2.05) is 6.92 Å². The van der Waals surface area contributed by atoms with Gasteiger partial charge in [0, 0.05) is 24.1 Å². The van der Waals surface area contributed by atoms with Crippen LogP contribution in [0.2, 0.25) is 15.1 Å². The number of amides is 2. The van der Waals surface area contributed by atoms with Crippen LogP contribution in [0.4, 0.5) is 0 Å². The summed E-state index contributed by atoms with van der Waals surface area (Å²) in [7, 11) is 4.31. The van der Waals surface area contributed by atoms with Crippen LogP contribution in [-0.4, -0.2) is 46.9 Å². The molecule has 50 heavy (non-hydrogen) atoms. The Labute approximate surface area is 308 Å². The maximum Gasteiger partial charge on any atom is 0.332 e. The van der Waals surface area contributed by atoms with E-state index >= 15 is 0 Å². The Bertz CT molecular complexity index is 2420. The molecule has 256 valence electrons. The Morgan fingerprint density at radius 2 is 1.74 bits per heavy atom. The number of nitrogens with zero attached hydrogens (tertiary/aromatic N) is 5. The van der Waals surface area contributed by atoms with Crippen LogP contribution in [0.25, 0.3) is 17.2 Å². The molecule has 1 saturated heterocycles. The number of aromatic nitrogens is 4. The van der Waals surface area contributed by atoms with E-state index < -0.39 is 23.1 Å². The first-order chi connectivity index (χ1) is 23.8. The lowest BCUT2D eigenvalue weighted by Crippen LogP contribution is -2.44. The molecule has 3 heterocycles. The van der Waals surface area contributed by atoms with Crippen LogP contribution in [0.3, 0.4) is 0 Å². The number of carbonyl (C=O) groups excluding carboxylic acids is 2. The molecule has 0 unspecified atom stereocenters. The van der Waals surface area contributed by atoms with Gasteiger partial charge in [0.2, 0.25) is 0 Å². The minimum atomic E-state index is -0.585. The third kappa shape index (κ3) is 6.64. The first-order valence-corrected chi connectivity index (χ1v) is 16.9. The average Bonchev–Trinajstić information content (AvgIpc) is 3.56. The first kappa shape index (κ1) is 35.2. The topological polar surface area (TPSA) is 130 Å². The van der Waals surface area contributed by atoms with Crippen molar-refractivity contribution in [3.63, 3.8) is 0 Å². The SMILES string of the molecule is COc1cc(/C=C2\SC(=S)N(NC(=O)c3ccc(C)cc3Cl)C2=O)ccc1Oc1nc2c(c(=O)n(C)c(=O)n2C)n1Cc1ccc(Cl)cc1Cl. The summed E-state index contributed by atoms with van der Waals surface area (Å²) in [6, 6.07) is 14.8. The molecule has 0 spiro atoms. The summed E-state index contributed by atoms with van der Waals surface area (Å²) in [6.45, 7) is 1.90. The number of carbonyl (C=O) groups is 2. The number of ether oxygens (including phenoxy) is 2. The first-order valence-electron chi connectivity index (χ1n) is 14.6. The highest BCUT2D eigenvalue weighted by Gasteiger charge is 2.34. The molecule has 2 aromatic heterocycles. The second-order valence-corrected chi connectivity index (χ2v) is 14.0. The van der Waals surface area contributed by atoms with E-state index in [1.54, 1.807) is 60.7 Å². The van der Waals surface area contributed by atoms with E-state index in [0.29, 0.717) is 21.2 Å². The molecule has 1 aliphatic rings. The number of imidazole rings is 1. The van der Waals surface area contributed by atoms with Crippen molar-refractivity contribution in [2.75, 3.05) is 7.11 Å². The summed E-state index contributed by atoms with van der Waals surface area (Å²) >= 11 is 25.2. The van der Waals surface area contributed by atoms with Gasteiger partial charge >= 0.3 is 11.7 Å². The van der Waals surface area contributed by atoms with E-state index in [-0.39, 0.29) is 55.0 Å². The van der Waals surface area contributed by atoms with Gasteiger partial charge in [0.15, 0.2) is 27.0 Å². The minimum absolute atomic E-state index is 0.0133. The third-order valence-corrected chi connectivity index (χ3v) is 9.92. The van der Waals surface area contributed by atoms with Crippen LogP contribution >= 0.6 is 58.8 Å². The van der Waals surface area contributed by atoms with Crippen LogP contribution in [-0.2, 0) is 25.4 Å². The zero-order chi connectivity index (χ0) is 36.0. The second kappa shape index (κ2) is 14.0. The van der Waals surface area contributed by atoms with Crippen molar-refractivity contribution in [1.29, 1.82) is 0 Å². The Hall–Kier alpha value is -4.60. The largest absolute Gasteiger partial charge is 0.493 e. The van der Waals surface area contributed by atoms with Gasteiger partial charge in [0.1, 0.15) is 0 Å². The quantitative estimate of drug-likeness (QED) is 0.147. The summed E-state index contributed by atoms with van der Waals surface area (Å²) in [5.74, 6) is -0.628. The van der Waals surface area contributed by atoms with E-state index in [2.05, 4.69) is 10.4 Å². The fourth-order valence-corrected chi connectivity index (χ4v) is 7.08. The fourth-order valence-electron chi connectivity index (χ4n) is 5.11. The van der Waals surface area contributed by atoms with Gasteiger partial charge in [-0.15, -0.1) is 0 Å². The van der Waals surface area contributed by atoms with Crippen molar-refractivity contribution in [2.45, 2.75) is 13.5 Å². The van der Waals surface area contributed by atoms with Crippen molar-refractivity contribution in [1.82, 2.24) is 29.1 Å². The third-order valence-electron chi connectivity index (χ3n) is 7.72. The lowest BCUT2D eigenvalue weighted by Gasteiger charge is -2.16. The van der Waals surface area contributed by atoms with Gasteiger partial charge in [-0.1, -0.05) is 64.8 Å². The molecular weight excluding hydrogens is 747 g/mol. The standard InChI is InChI=1S/C33H25Cl3N6O6S2/c1-16-5-9-20(22(36)11-16)28(43)38-42-29(44)25(50-33(42)49)13-17-6-10-23(24(12-17)47-4)48-31-37-27-26(30(45)40(3)32(46)39(27)2)41(31)15-18-7-8-19(34)14-21(18)35/h5-14H,15H2,1-4H3,(H,38,43)/b25-13-. The number of benzene rings is 3. The van der Waals surface area contributed by atoms with E-state index in [9.17, 15) is 19.2 Å². The highest BCUT2D eigenvalue weighted by atomic mass is 35.5. The predicted octanol–water partition coefficient (Wildman–Crippen LogP) is 6.10. The molecule has 1 aliphatic heterocycles. The van der Waals surface area contributed by atoms with Gasteiger partial charge in [-0.25, -0.2) is 4.79 Å². The molecule has 1 fully saturated rings. The average molecular weight is 772 g/mol. The zero-order valence-electron chi connectivity index (χ0n) is 26.6. The molecule has 0 atom stereocenters. The number of aryl methyl sites for hydroxylation is 2. The summed E-state index contributed by atoms with van der Waals surface area (Å²) < 4.78 is 15.7. The van der Waals surface area contributed by atoms with Crippen LogP contribution in [0.5, 0.6) is 17.5 Å². The lowest BCUT2D eigenvalue weighted by atomic mass is 10.1. The molecule has 12 nitrogen and oxygen atoms in total. The number of thioether (sulfide) groups is 1. The number of hydrogen-bond acceptors (Lipinski definition) is 9. The molecule has 2 amide bonds. The Balaban J connectivity index is 1.31. The highest BCUT2D eigenvalue weighted by Crippen LogP contribution is 2.37. The predicted molar refractivity (Wildman–Crippen MR) is 198 cm³/mol. The van der Waals surface area contributed by atoms with Crippen molar-refractivity contribution in [3.8, 4) is 17.5 Å². The number of rotatable bonds is 8. The van der Waals surface area contributed by atoms with Crippen LogP contribution in [0.1, 0.15) is 27.0 Å². The van der Waals surface area contributed by atoms with Crippen LogP contribution in [0.15, 0.2) is 69.1 Å². The molecule has 0 bridgehead atoms. The number of hydrogen-bond donors (Lipinski definition) is 1. The van der Waals surface area contributed by atoms with Crippen molar-refractivity contribution in [2.24, 2.45) is 14.1 Å². The number of halogens is 3. The lowest BCUT2D eigenvalue weighted by molar-refractivity contribution is -0.123. The molecular formula is C33H25Cl3N6O6S2. The van der Waals surface area contributed by atoms with Gasteiger partial charge in [-0.2, -0.15) is 9.99 Å². The molecule has 6 rings (SSSR count). The smallest absolute Gasteiger partial charge is 0.332 e. The Morgan fingerprint density at radius 3 is 2.44 bits per heavy atom. The zero-order valence-corrected chi connectivity index (χ0v) is 30.5. The van der Waals surface area contributed by atoms with Gasteiger partial charge < -0.3 is 9.47 Å². The maximum absolute atomic E-state index is 13.4. The number of methoxy groups -OCH3 is 1. The molecule has 5 aromatic rings. The fraction of sp³-hybridized carbons (Fsp3) is 0.152.